The van der Waals surface area contributed by atoms with Gasteiger partial charge in [0.05, 0.1) is 4.90 Å². The fraction of sp³-hybridized carbons (Fsp3) is 0.188. The molecule has 0 unspecified atom stereocenters. The zero-order valence-corrected chi connectivity index (χ0v) is 12.8. The predicted octanol–water partition coefficient (Wildman–Crippen LogP) is 2.26. The summed E-state index contributed by atoms with van der Waals surface area (Å²) in [5, 5.41) is -0.731. The van der Waals surface area contributed by atoms with Crippen molar-refractivity contribution < 1.29 is 22.0 Å². The van der Waals surface area contributed by atoms with Gasteiger partial charge in [-0.2, -0.15) is 0 Å². The summed E-state index contributed by atoms with van der Waals surface area (Å²) in [6.45, 7) is 0.0735. The Morgan fingerprint density at radius 2 is 1.65 bits per heavy atom. The molecule has 0 bridgehead atoms. The summed E-state index contributed by atoms with van der Waals surface area (Å²) >= 11 is 0. The largest absolute Gasteiger partial charge is 0.336 e. The van der Waals surface area contributed by atoms with E-state index in [4.69, 9.17) is 0 Å². The lowest BCUT2D eigenvalue weighted by atomic mass is 10.1. The quantitative estimate of drug-likeness (QED) is 0.808. The number of halogens is 2. The van der Waals surface area contributed by atoms with Crippen LogP contribution in [0.5, 0.6) is 0 Å². The van der Waals surface area contributed by atoms with Gasteiger partial charge in [0.25, 0.3) is 5.91 Å². The van der Waals surface area contributed by atoms with Crippen molar-refractivity contribution in [1.29, 1.82) is 0 Å². The minimum Gasteiger partial charge on any atom is -0.336 e. The standard InChI is InChI=1S/C16H13F2NO3S/c17-12-4-6-14(7-5-12)23(21,22)15-9-19(10-15)16(20)11-2-1-3-13(18)8-11/h1-8,15H,9-10H2. The van der Waals surface area contributed by atoms with Crippen molar-refractivity contribution in [2.75, 3.05) is 13.1 Å². The van der Waals surface area contributed by atoms with Gasteiger partial charge in [0.15, 0.2) is 9.84 Å². The highest BCUT2D eigenvalue weighted by Crippen LogP contribution is 2.25. The van der Waals surface area contributed by atoms with E-state index < -0.39 is 32.6 Å². The maximum atomic E-state index is 13.1. The molecule has 1 heterocycles. The van der Waals surface area contributed by atoms with Crippen molar-refractivity contribution in [3.8, 4) is 0 Å². The monoisotopic (exact) mass is 337 g/mol. The lowest BCUT2D eigenvalue weighted by Gasteiger charge is -2.38. The van der Waals surface area contributed by atoms with Gasteiger partial charge in [-0.15, -0.1) is 0 Å². The van der Waals surface area contributed by atoms with E-state index in [1.54, 1.807) is 0 Å². The van der Waals surface area contributed by atoms with Gasteiger partial charge in [0.2, 0.25) is 0 Å². The van der Waals surface area contributed by atoms with Crippen LogP contribution < -0.4 is 0 Å². The van der Waals surface area contributed by atoms with E-state index >= 15 is 0 Å². The topological polar surface area (TPSA) is 54.5 Å². The van der Waals surface area contributed by atoms with E-state index in [1.165, 1.54) is 35.2 Å². The summed E-state index contributed by atoms with van der Waals surface area (Å²) < 4.78 is 50.7. The summed E-state index contributed by atoms with van der Waals surface area (Å²) in [4.78, 5) is 13.5. The van der Waals surface area contributed by atoms with Crippen LogP contribution in [0.4, 0.5) is 8.78 Å². The Kier molecular flexibility index (Phi) is 3.89. The molecule has 0 aliphatic carbocycles. The maximum absolute atomic E-state index is 13.1. The van der Waals surface area contributed by atoms with E-state index in [2.05, 4.69) is 0 Å². The number of rotatable bonds is 3. The number of carbonyl (C=O) groups excluding carboxylic acids is 1. The molecule has 0 aromatic heterocycles. The third-order valence-corrected chi connectivity index (χ3v) is 5.89. The number of likely N-dealkylation sites (tertiary alicyclic amines) is 1. The zero-order valence-electron chi connectivity index (χ0n) is 11.9. The maximum Gasteiger partial charge on any atom is 0.254 e. The second-order valence-electron chi connectivity index (χ2n) is 5.34. The highest BCUT2D eigenvalue weighted by molar-refractivity contribution is 7.92. The van der Waals surface area contributed by atoms with Crippen LogP contribution in [0.3, 0.4) is 0 Å². The Morgan fingerprint density at radius 3 is 2.26 bits per heavy atom. The van der Waals surface area contributed by atoms with Gasteiger partial charge >= 0.3 is 0 Å². The molecule has 3 rings (SSSR count). The van der Waals surface area contributed by atoms with E-state index in [0.717, 1.165) is 18.2 Å². The summed E-state index contributed by atoms with van der Waals surface area (Å²) in [5.41, 5.74) is 0.183. The number of benzene rings is 2. The normalized spacial score (nSPS) is 15.3. The molecule has 0 N–H and O–H groups in total. The van der Waals surface area contributed by atoms with Crippen LogP contribution in [0.25, 0.3) is 0 Å². The molecule has 1 amide bonds. The third-order valence-electron chi connectivity index (χ3n) is 3.79. The number of hydrogen-bond acceptors (Lipinski definition) is 3. The molecule has 2 aromatic rings. The van der Waals surface area contributed by atoms with Gasteiger partial charge in [-0.05, 0) is 42.5 Å². The lowest BCUT2D eigenvalue weighted by Crippen LogP contribution is -2.56. The molecular formula is C16H13F2NO3S. The fourth-order valence-electron chi connectivity index (χ4n) is 2.42. The summed E-state index contributed by atoms with van der Waals surface area (Å²) in [6, 6.07) is 9.84. The van der Waals surface area contributed by atoms with Gasteiger partial charge in [-0.25, -0.2) is 17.2 Å². The highest BCUT2D eigenvalue weighted by Gasteiger charge is 2.40. The van der Waals surface area contributed by atoms with E-state index in [-0.39, 0.29) is 23.5 Å². The third kappa shape index (κ3) is 2.96. The van der Waals surface area contributed by atoms with Crippen LogP contribution in [-0.2, 0) is 9.84 Å². The Morgan fingerprint density at radius 1 is 1.00 bits per heavy atom. The molecule has 1 aliphatic rings. The molecule has 0 radical (unpaired) electrons. The van der Waals surface area contributed by atoms with Crippen LogP contribution in [0.1, 0.15) is 10.4 Å². The van der Waals surface area contributed by atoms with Crippen molar-refractivity contribution in [2.24, 2.45) is 0 Å². The molecule has 4 nitrogen and oxygen atoms in total. The molecule has 1 aliphatic heterocycles. The Hall–Kier alpha value is -2.28. The second kappa shape index (κ2) is 5.73. The molecule has 120 valence electrons. The first kappa shape index (κ1) is 15.6. The van der Waals surface area contributed by atoms with Crippen LogP contribution in [-0.4, -0.2) is 37.6 Å². The molecule has 0 atom stereocenters. The van der Waals surface area contributed by atoms with Crippen LogP contribution in [0, 0.1) is 11.6 Å². The van der Waals surface area contributed by atoms with Gasteiger partial charge in [-0.3, -0.25) is 4.79 Å². The zero-order chi connectivity index (χ0) is 16.6. The molecule has 7 heteroatoms. The van der Waals surface area contributed by atoms with Gasteiger partial charge in [-0.1, -0.05) is 6.07 Å². The molecule has 0 spiro atoms. The Bertz CT molecular complexity index is 844. The van der Waals surface area contributed by atoms with Crippen molar-refractivity contribution in [2.45, 2.75) is 10.1 Å². The van der Waals surface area contributed by atoms with Gasteiger partial charge < -0.3 is 4.90 Å². The number of carbonyl (C=O) groups is 1. The van der Waals surface area contributed by atoms with Crippen molar-refractivity contribution in [3.05, 3.63) is 65.7 Å². The van der Waals surface area contributed by atoms with E-state index in [9.17, 15) is 22.0 Å². The lowest BCUT2D eigenvalue weighted by molar-refractivity contribution is 0.0658. The predicted molar refractivity (Wildman–Crippen MR) is 79.7 cm³/mol. The molecule has 0 saturated carbocycles. The first-order chi connectivity index (χ1) is 10.9. The van der Waals surface area contributed by atoms with Crippen LogP contribution >= 0.6 is 0 Å². The van der Waals surface area contributed by atoms with Crippen molar-refractivity contribution >= 4 is 15.7 Å². The average molecular weight is 337 g/mol. The van der Waals surface area contributed by atoms with Gasteiger partial charge in [0.1, 0.15) is 16.9 Å². The number of amides is 1. The molecule has 1 saturated heterocycles. The minimum absolute atomic E-state index is 0.0294. The Balaban J connectivity index is 1.71. The molecule has 23 heavy (non-hydrogen) atoms. The SMILES string of the molecule is O=C(c1cccc(F)c1)N1CC(S(=O)(=O)c2ccc(F)cc2)C1. The first-order valence-corrected chi connectivity index (χ1v) is 8.47. The van der Waals surface area contributed by atoms with Crippen LogP contribution in [0.2, 0.25) is 0 Å². The summed E-state index contributed by atoms with van der Waals surface area (Å²) in [5.74, 6) is -1.44. The van der Waals surface area contributed by atoms with E-state index in [1.807, 2.05) is 0 Å². The minimum atomic E-state index is -3.61. The van der Waals surface area contributed by atoms with Crippen molar-refractivity contribution in [3.63, 3.8) is 0 Å². The summed E-state index contributed by atoms with van der Waals surface area (Å²) in [7, 11) is -3.61. The second-order valence-corrected chi connectivity index (χ2v) is 7.57. The smallest absolute Gasteiger partial charge is 0.254 e. The Labute approximate surface area is 132 Å². The number of sulfone groups is 1. The fourth-order valence-corrected chi connectivity index (χ4v) is 4.07. The molecule has 2 aromatic carbocycles. The first-order valence-electron chi connectivity index (χ1n) is 6.92. The molecular weight excluding hydrogens is 324 g/mol. The van der Waals surface area contributed by atoms with Gasteiger partial charge in [0, 0.05) is 18.7 Å². The number of nitrogens with zero attached hydrogens (tertiary/aromatic N) is 1. The number of hydrogen-bond donors (Lipinski definition) is 0. The van der Waals surface area contributed by atoms with Crippen molar-refractivity contribution in [1.82, 2.24) is 4.90 Å². The highest BCUT2D eigenvalue weighted by atomic mass is 32.2. The average Bonchev–Trinajstić information content (AvgIpc) is 2.45. The van der Waals surface area contributed by atoms with E-state index in [0.29, 0.717) is 0 Å². The molecule has 1 fully saturated rings. The van der Waals surface area contributed by atoms with Crippen LogP contribution in [0.15, 0.2) is 53.4 Å². The summed E-state index contributed by atoms with van der Waals surface area (Å²) in [6.07, 6.45) is 0.